The molecular formula is C13H17NO3S. The summed E-state index contributed by atoms with van der Waals surface area (Å²) in [5.41, 5.74) is 1.03. The first kappa shape index (κ1) is 13.1. The van der Waals surface area contributed by atoms with Crippen LogP contribution in [0, 0.1) is 0 Å². The van der Waals surface area contributed by atoms with Crippen molar-refractivity contribution >= 4 is 9.84 Å². The molecule has 0 fully saturated rings. The molecule has 2 unspecified atom stereocenters. The van der Waals surface area contributed by atoms with Crippen LogP contribution in [0.3, 0.4) is 0 Å². The van der Waals surface area contributed by atoms with Crippen molar-refractivity contribution in [3.63, 3.8) is 0 Å². The van der Waals surface area contributed by atoms with E-state index < -0.39 is 9.84 Å². The van der Waals surface area contributed by atoms with Crippen LogP contribution in [-0.4, -0.2) is 27.3 Å². The Kier molecular flexibility index (Phi) is 3.73. The highest BCUT2D eigenvalue weighted by molar-refractivity contribution is 7.94. The first-order valence-corrected chi connectivity index (χ1v) is 7.53. The fourth-order valence-electron chi connectivity index (χ4n) is 2.11. The van der Waals surface area contributed by atoms with Gasteiger partial charge in [0.05, 0.1) is 12.9 Å². The average molecular weight is 267 g/mol. The molecule has 1 heterocycles. The molecule has 18 heavy (non-hydrogen) atoms. The Morgan fingerprint density at radius 2 is 2.11 bits per heavy atom. The molecule has 4 nitrogen and oxygen atoms in total. The molecule has 0 saturated carbocycles. The Bertz CT molecular complexity index is 551. The summed E-state index contributed by atoms with van der Waals surface area (Å²) in [6.07, 6.45) is 1.70. The van der Waals surface area contributed by atoms with Crippen molar-refractivity contribution in [3.8, 4) is 5.75 Å². The monoisotopic (exact) mass is 267 g/mol. The van der Waals surface area contributed by atoms with E-state index in [1.54, 1.807) is 13.2 Å². The summed E-state index contributed by atoms with van der Waals surface area (Å²) in [6, 6.07) is 7.63. The summed E-state index contributed by atoms with van der Waals surface area (Å²) >= 11 is 0. The minimum absolute atomic E-state index is 0.0316. The number of hydrogen-bond donors (Lipinski definition) is 1. The smallest absolute Gasteiger partial charge is 0.173 e. The molecule has 0 saturated heterocycles. The molecule has 2 rings (SSSR count). The molecule has 0 amide bonds. The van der Waals surface area contributed by atoms with Gasteiger partial charge in [-0.25, -0.2) is 8.42 Å². The van der Waals surface area contributed by atoms with E-state index in [9.17, 15) is 8.42 Å². The van der Waals surface area contributed by atoms with Crippen LogP contribution in [0.2, 0.25) is 0 Å². The summed E-state index contributed by atoms with van der Waals surface area (Å²) in [4.78, 5) is 0. The van der Waals surface area contributed by atoms with Crippen molar-refractivity contribution in [1.29, 1.82) is 0 Å². The maximum atomic E-state index is 11.3. The molecule has 0 bridgehead atoms. The van der Waals surface area contributed by atoms with Gasteiger partial charge >= 0.3 is 0 Å². The van der Waals surface area contributed by atoms with Crippen LogP contribution in [0.5, 0.6) is 5.75 Å². The molecule has 1 aromatic rings. The van der Waals surface area contributed by atoms with Gasteiger partial charge in [-0.1, -0.05) is 24.3 Å². The molecule has 0 aromatic heterocycles. The van der Waals surface area contributed by atoms with Crippen molar-refractivity contribution in [1.82, 2.24) is 5.32 Å². The van der Waals surface area contributed by atoms with Gasteiger partial charge in [-0.2, -0.15) is 0 Å². The zero-order valence-electron chi connectivity index (χ0n) is 10.5. The van der Waals surface area contributed by atoms with Crippen molar-refractivity contribution in [2.45, 2.75) is 19.0 Å². The Morgan fingerprint density at radius 3 is 2.72 bits per heavy atom. The molecule has 5 heteroatoms. The predicted octanol–water partition coefficient (Wildman–Crippen LogP) is 1.66. The van der Waals surface area contributed by atoms with E-state index in [1.165, 1.54) is 5.41 Å². The maximum Gasteiger partial charge on any atom is 0.173 e. The molecular weight excluding hydrogens is 250 g/mol. The lowest BCUT2D eigenvalue weighted by molar-refractivity contribution is 0.400. The van der Waals surface area contributed by atoms with E-state index in [-0.39, 0.29) is 17.8 Å². The molecule has 1 aliphatic heterocycles. The SMILES string of the molecule is COc1ccccc1C(C)NC1C=CS(=O)(=O)C1. The van der Waals surface area contributed by atoms with E-state index in [4.69, 9.17) is 4.74 Å². The van der Waals surface area contributed by atoms with Gasteiger partial charge in [0, 0.05) is 23.1 Å². The lowest BCUT2D eigenvalue weighted by Gasteiger charge is -2.20. The normalized spacial score (nSPS) is 22.9. The average Bonchev–Trinajstić information content (AvgIpc) is 2.68. The number of methoxy groups -OCH3 is 1. The number of ether oxygens (including phenoxy) is 1. The molecule has 0 aliphatic carbocycles. The lowest BCUT2D eigenvalue weighted by atomic mass is 10.1. The largest absolute Gasteiger partial charge is 0.496 e. The van der Waals surface area contributed by atoms with Gasteiger partial charge in [-0.05, 0) is 13.0 Å². The first-order chi connectivity index (χ1) is 8.52. The predicted molar refractivity (Wildman–Crippen MR) is 71.3 cm³/mol. The minimum atomic E-state index is -3.01. The van der Waals surface area contributed by atoms with Crippen molar-refractivity contribution in [2.75, 3.05) is 12.9 Å². The van der Waals surface area contributed by atoms with Crippen LogP contribution in [0.15, 0.2) is 35.7 Å². The highest BCUT2D eigenvalue weighted by Crippen LogP contribution is 2.25. The molecule has 98 valence electrons. The van der Waals surface area contributed by atoms with E-state index in [2.05, 4.69) is 5.32 Å². The summed E-state index contributed by atoms with van der Waals surface area (Å²) in [6.45, 7) is 2.00. The van der Waals surface area contributed by atoms with Gasteiger partial charge in [-0.3, -0.25) is 0 Å². The van der Waals surface area contributed by atoms with Gasteiger partial charge in [0.25, 0.3) is 0 Å². The second kappa shape index (κ2) is 5.12. The lowest BCUT2D eigenvalue weighted by Crippen LogP contribution is -2.32. The second-order valence-corrected chi connectivity index (χ2v) is 6.33. The van der Waals surface area contributed by atoms with E-state index >= 15 is 0 Å². The summed E-state index contributed by atoms with van der Waals surface area (Å²) in [5.74, 6) is 0.939. The Labute approximate surface area is 108 Å². The van der Waals surface area contributed by atoms with Gasteiger partial charge in [0.15, 0.2) is 9.84 Å². The molecule has 2 atom stereocenters. The van der Waals surface area contributed by atoms with E-state index in [0.717, 1.165) is 11.3 Å². The number of benzene rings is 1. The summed E-state index contributed by atoms with van der Waals surface area (Å²) in [7, 11) is -1.38. The number of sulfone groups is 1. The van der Waals surface area contributed by atoms with E-state index in [0.29, 0.717) is 0 Å². The van der Waals surface area contributed by atoms with Gasteiger partial charge in [0.2, 0.25) is 0 Å². The summed E-state index contributed by atoms with van der Waals surface area (Å²) in [5, 5.41) is 4.56. The van der Waals surface area contributed by atoms with Crippen molar-refractivity contribution in [3.05, 3.63) is 41.3 Å². The van der Waals surface area contributed by atoms with Gasteiger partial charge in [-0.15, -0.1) is 0 Å². The quantitative estimate of drug-likeness (QED) is 0.901. The third kappa shape index (κ3) is 2.91. The molecule has 0 spiro atoms. The zero-order valence-corrected chi connectivity index (χ0v) is 11.3. The van der Waals surface area contributed by atoms with Crippen LogP contribution in [0.4, 0.5) is 0 Å². The van der Waals surface area contributed by atoms with Crippen LogP contribution in [-0.2, 0) is 9.84 Å². The zero-order chi connectivity index (χ0) is 13.2. The fraction of sp³-hybridized carbons (Fsp3) is 0.385. The molecule has 1 aromatic carbocycles. The number of nitrogens with one attached hydrogen (secondary N) is 1. The van der Waals surface area contributed by atoms with Crippen LogP contribution >= 0.6 is 0 Å². The van der Waals surface area contributed by atoms with Crippen molar-refractivity contribution < 1.29 is 13.2 Å². The second-order valence-electron chi connectivity index (χ2n) is 4.39. The maximum absolute atomic E-state index is 11.3. The van der Waals surface area contributed by atoms with E-state index in [1.807, 2.05) is 31.2 Å². The highest BCUT2D eigenvalue weighted by Gasteiger charge is 2.23. The highest BCUT2D eigenvalue weighted by atomic mass is 32.2. The topological polar surface area (TPSA) is 55.4 Å². The number of para-hydroxylation sites is 1. The minimum Gasteiger partial charge on any atom is -0.496 e. The standard InChI is InChI=1S/C13H17NO3S/c1-10(12-5-3-4-6-13(12)17-2)14-11-7-8-18(15,16)9-11/h3-8,10-11,14H,9H2,1-2H3. The summed E-state index contributed by atoms with van der Waals surface area (Å²) < 4.78 is 28.0. The first-order valence-electron chi connectivity index (χ1n) is 5.82. The Balaban J connectivity index is 2.09. The number of hydrogen-bond acceptors (Lipinski definition) is 4. The van der Waals surface area contributed by atoms with Gasteiger partial charge < -0.3 is 10.1 Å². The molecule has 1 aliphatic rings. The van der Waals surface area contributed by atoms with Gasteiger partial charge in [0.1, 0.15) is 5.75 Å². The Hall–Kier alpha value is -1.33. The number of rotatable bonds is 4. The van der Waals surface area contributed by atoms with Crippen LogP contribution < -0.4 is 10.1 Å². The van der Waals surface area contributed by atoms with Crippen LogP contribution in [0.1, 0.15) is 18.5 Å². The third-order valence-corrected chi connectivity index (χ3v) is 4.40. The van der Waals surface area contributed by atoms with Crippen molar-refractivity contribution in [2.24, 2.45) is 0 Å². The fourth-order valence-corrected chi connectivity index (χ4v) is 3.36. The third-order valence-electron chi connectivity index (χ3n) is 3.00. The molecule has 1 N–H and O–H groups in total. The Morgan fingerprint density at radius 1 is 1.39 bits per heavy atom. The molecule has 0 radical (unpaired) electrons. The van der Waals surface area contributed by atoms with Crippen LogP contribution in [0.25, 0.3) is 0 Å².